The molecule has 0 atom stereocenters. The number of nitrogens with two attached hydrogens (primary N) is 1. The van der Waals surface area contributed by atoms with Crippen molar-refractivity contribution >= 4 is 40.1 Å². The van der Waals surface area contributed by atoms with Crippen molar-refractivity contribution in [1.82, 2.24) is 20.0 Å². The zero-order valence-corrected chi connectivity index (χ0v) is 20.5. The summed E-state index contributed by atoms with van der Waals surface area (Å²) in [6.45, 7) is 11.3. The number of nitrogens with zero attached hydrogens (tertiary/aromatic N) is 4. The largest absolute Gasteiger partial charge is 0.383 e. The van der Waals surface area contributed by atoms with Crippen molar-refractivity contribution in [3.05, 3.63) is 65.2 Å². The lowest BCUT2D eigenvalue weighted by Gasteiger charge is -2.18. The number of carbonyl (C=O) groups is 1. The number of benzene rings is 2. The van der Waals surface area contributed by atoms with Crippen LogP contribution in [0.15, 0.2) is 53.6 Å². The van der Waals surface area contributed by atoms with Crippen LogP contribution in [0, 0.1) is 5.92 Å². The summed E-state index contributed by atoms with van der Waals surface area (Å²) >= 11 is 0. The van der Waals surface area contributed by atoms with E-state index in [1.807, 2.05) is 36.4 Å². The quantitative estimate of drug-likeness (QED) is 0.393. The molecule has 1 amide bonds. The highest BCUT2D eigenvalue weighted by Gasteiger charge is 2.24. The van der Waals surface area contributed by atoms with Crippen LogP contribution in [0.25, 0.3) is 22.2 Å². The van der Waals surface area contributed by atoms with Gasteiger partial charge in [-0.3, -0.25) is 4.79 Å². The molecule has 0 bridgehead atoms. The second-order valence-electron chi connectivity index (χ2n) is 10.0. The number of hydrogen-bond donors (Lipinski definition) is 2. The molecular weight excluding hydrogens is 424 g/mol. The van der Waals surface area contributed by atoms with Crippen LogP contribution in [-0.2, 0) is 5.41 Å². The topological polar surface area (TPSA) is 98.2 Å². The molecule has 0 radical (unpaired) electrons. The molecule has 2 aromatic heterocycles. The van der Waals surface area contributed by atoms with E-state index in [0.29, 0.717) is 40.2 Å². The first-order valence-corrected chi connectivity index (χ1v) is 11.6. The number of carbonyl (C=O) groups excluding carboxylic acids is 1. The average Bonchev–Trinajstić information content (AvgIpc) is 3.05. The van der Waals surface area contributed by atoms with Crippen LogP contribution in [0.2, 0.25) is 0 Å². The molecule has 7 heteroatoms. The normalized spacial score (nSPS) is 12.3. The smallest absolute Gasteiger partial charge is 0.257 e. The van der Waals surface area contributed by atoms with Crippen molar-refractivity contribution in [3.63, 3.8) is 0 Å². The van der Waals surface area contributed by atoms with Crippen LogP contribution >= 0.6 is 0 Å². The maximum absolute atomic E-state index is 13.1. The van der Waals surface area contributed by atoms with Crippen molar-refractivity contribution in [3.8, 4) is 0 Å². The van der Waals surface area contributed by atoms with E-state index in [0.717, 1.165) is 12.0 Å². The fraction of sp³-hybridized carbons (Fsp3) is 0.333. The third kappa shape index (κ3) is 4.78. The summed E-state index contributed by atoms with van der Waals surface area (Å²) in [4.78, 5) is 22.5. The van der Waals surface area contributed by atoms with Crippen LogP contribution in [0.3, 0.4) is 0 Å². The van der Waals surface area contributed by atoms with Gasteiger partial charge in [0.15, 0.2) is 5.65 Å². The molecule has 176 valence electrons. The molecule has 2 heterocycles. The number of aromatic nitrogens is 3. The fourth-order valence-electron chi connectivity index (χ4n) is 3.74. The molecule has 0 saturated heterocycles. The van der Waals surface area contributed by atoms with Crippen molar-refractivity contribution in [2.24, 2.45) is 11.0 Å². The molecular formula is C27H32N6O. The molecule has 7 nitrogen and oxygen atoms in total. The third-order valence-electron chi connectivity index (χ3n) is 5.81. The number of para-hydroxylation sites is 2. The van der Waals surface area contributed by atoms with E-state index in [9.17, 15) is 4.79 Å². The average molecular weight is 457 g/mol. The summed E-state index contributed by atoms with van der Waals surface area (Å²) in [7, 11) is 0. The molecule has 34 heavy (non-hydrogen) atoms. The van der Waals surface area contributed by atoms with E-state index in [1.165, 1.54) is 10.2 Å². The Morgan fingerprint density at radius 2 is 1.74 bits per heavy atom. The molecule has 0 saturated carbocycles. The van der Waals surface area contributed by atoms with Gasteiger partial charge in [0, 0.05) is 6.54 Å². The van der Waals surface area contributed by atoms with Crippen LogP contribution in [-0.4, -0.2) is 33.3 Å². The Bertz CT molecular complexity index is 1360. The molecule has 0 fully saturated rings. The van der Waals surface area contributed by atoms with Gasteiger partial charge >= 0.3 is 0 Å². The maximum atomic E-state index is 13.1. The van der Waals surface area contributed by atoms with E-state index in [2.05, 4.69) is 57.2 Å². The Kier molecular flexibility index (Phi) is 6.37. The minimum atomic E-state index is -0.267. The lowest BCUT2D eigenvalue weighted by Crippen LogP contribution is -2.26. The van der Waals surface area contributed by atoms with Crippen molar-refractivity contribution in [2.75, 3.05) is 12.3 Å². The standard InChI is InChI=1S/C27H32N6O/c1-17(2)14-15-29-26(34)22-23-25(32-21-9-7-6-8-20(21)31-23)33(24(22)28)30-16-18-10-12-19(13-11-18)27(3,4)5/h6-13,16-17H,14-15,28H2,1-5H3,(H,29,34). The Hall–Kier alpha value is -3.74. The van der Waals surface area contributed by atoms with Gasteiger partial charge in [-0.15, -0.1) is 0 Å². The third-order valence-corrected chi connectivity index (χ3v) is 5.81. The van der Waals surface area contributed by atoms with E-state index in [1.54, 1.807) is 6.21 Å². The number of rotatable bonds is 6. The Morgan fingerprint density at radius 1 is 1.09 bits per heavy atom. The van der Waals surface area contributed by atoms with Gasteiger partial charge in [0.1, 0.15) is 16.9 Å². The second kappa shape index (κ2) is 9.25. The summed E-state index contributed by atoms with van der Waals surface area (Å²) in [5.74, 6) is 0.433. The molecule has 0 aliphatic rings. The monoisotopic (exact) mass is 456 g/mol. The number of nitrogens with one attached hydrogen (secondary N) is 1. The molecule has 0 unspecified atom stereocenters. The molecule has 4 aromatic rings. The van der Waals surface area contributed by atoms with Gasteiger partial charge < -0.3 is 11.1 Å². The van der Waals surface area contributed by atoms with E-state index < -0.39 is 0 Å². The molecule has 0 spiro atoms. The first-order chi connectivity index (χ1) is 16.1. The molecule has 3 N–H and O–H groups in total. The Balaban J connectivity index is 1.77. The maximum Gasteiger partial charge on any atom is 0.257 e. The molecule has 2 aromatic carbocycles. The summed E-state index contributed by atoms with van der Waals surface area (Å²) < 4.78 is 1.50. The number of fused-ring (bicyclic) bond motifs is 2. The summed E-state index contributed by atoms with van der Waals surface area (Å²) in [5, 5.41) is 7.57. The first kappa shape index (κ1) is 23.4. The number of nitrogen functional groups attached to an aromatic ring is 1. The van der Waals surface area contributed by atoms with E-state index in [-0.39, 0.29) is 17.1 Å². The summed E-state index contributed by atoms with van der Waals surface area (Å²) in [5.41, 5.74) is 11.3. The highest BCUT2D eigenvalue weighted by Crippen LogP contribution is 2.28. The predicted molar refractivity (Wildman–Crippen MR) is 139 cm³/mol. The second-order valence-corrected chi connectivity index (χ2v) is 10.0. The van der Waals surface area contributed by atoms with E-state index >= 15 is 0 Å². The van der Waals surface area contributed by atoms with Gasteiger partial charge in [0.25, 0.3) is 5.91 Å². The highest BCUT2D eigenvalue weighted by atomic mass is 16.1. The zero-order valence-electron chi connectivity index (χ0n) is 20.5. The van der Waals surface area contributed by atoms with Gasteiger partial charge in [-0.2, -0.15) is 9.78 Å². The van der Waals surface area contributed by atoms with Gasteiger partial charge in [-0.05, 0) is 41.0 Å². The fourth-order valence-corrected chi connectivity index (χ4v) is 3.74. The number of anilines is 1. The van der Waals surface area contributed by atoms with Crippen molar-refractivity contribution in [2.45, 2.75) is 46.5 Å². The lowest BCUT2D eigenvalue weighted by molar-refractivity contribution is 0.0954. The molecule has 0 aliphatic heterocycles. The van der Waals surface area contributed by atoms with Crippen molar-refractivity contribution in [1.29, 1.82) is 0 Å². The SMILES string of the molecule is CC(C)CCNC(=O)c1c(N)n(N=Cc2ccc(C(C)(C)C)cc2)c2nc3ccccc3nc12. The molecule has 0 aliphatic carbocycles. The lowest BCUT2D eigenvalue weighted by atomic mass is 9.87. The predicted octanol–water partition coefficient (Wildman–Crippen LogP) is 5.12. The van der Waals surface area contributed by atoms with E-state index in [4.69, 9.17) is 15.7 Å². The number of hydrogen-bond acceptors (Lipinski definition) is 5. The molecule has 4 rings (SSSR count). The van der Waals surface area contributed by atoms with Crippen LogP contribution in [0.4, 0.5) is 5.82 Å². The number of amides is 1. The van der Waals surface area contributed by atoms with Crippen LogP contribution < -0.4 is 11.1 Å². The van der Waals surface area contributed by atoms with Crippen LogP contribution in [0.5, 0.6) is 0 Å². The summed E-state index contributed by atoms with van der Waals surface area (Å²) in [6, 6.07) is 15.8. The van der Waals surface area contributed by atoms with Gasteiger partial charge in [-0.1, -0.05) is 71.0 Å². The first-order valence-electron chi connectivity index (χ1n) is 11.6. The van der Waals surface area contributed by atoms with Gasteiger partial charge in [0.2, 0.25) is 0 Å². The highest BCUT2D eigenvalue weighted by molar-refractivity contribution is 6.10. The van der Waals surface area contributed by atoms with Crippen LogP contribution in [0.1, 0.15) is 62.5 Å². The Morgan fingerprint density at radius 3 is 2.35 bits per heavy atom. The Labute approximate surface area is 200 Å². The summed E-state index contributed by atoms with van der Waals surface area (Å²) in [6.07, 6.45) is 2.60. The van der Waals surface area contributed by atoms with Gasteiger partial charge in [-0.25, -0.2) is 9.97 Å². The van der Waals surface area contributed by atoms with Gasteiger partial charge in [0.05, 0.1) is 17.2 Å². The van der Waals surface area contributed by atoms with Crippen molar-refractivity contribution < 1.29 is 4.79 Å². The zero-order chi connectivity index (χ0) is 24.5. The minimum Gasteiger partial charge on any atom is -0.383 e. The minimum absolute atomic E-state index is 0.0746.